The zero-order chi connectivity index (χ0) is 6.99. The first-order chi connectivity index (χ1) is 3.65. The van der Waals surface area contributed by atoms with Gasteiger partial charge in [0.2, 0.25) is 0 Å². The summed E-state index contributed by atoms with van der Waals surface area (Å²) in [6.45, 7) is 5.18. The Bertz CT molecular complexity index is 96.2. The largest absolute Gasteiger partial charge is 0.503 e. The van der Waals surface area contributed by atoms with E-state index in [9.17, 15) is 0 Å². The van der Waals surface area contributed by atoms with Gasteiger partial charge < -0.3 is 10.2 Å². The molecule has 0 aliphatic carbocycles. The van der Waals surface area contributed by atoms with E-state index in [1.807, 2.05) is 6.92 Å². The molecule has 8 heavy (non-hydrogen) atoms. The molecule has 0 bridgehead atoms. The second-order valence-corrected chi connectivity index (χ2v) is 0.775. The molecule has 0 amide bonds. The van der Waals surface area contributed by atoms with Gasteiger partial charge in [0.05, 0.1) is 0 Å². The quantitative estimate of drug-likeness (QED) is 0.472. The van der Waals surface area contributed by atoms with Gasteiger partial charge in [0.15, 0.2) is 0 Å². The molecular weight excluding hydrogens is 108 g/mol. The molecule has 0 aromatic rings. The van der Waals surface area contributed by atoms with Gasteiger partial charge in [-0.3, -0.25) is 0 Å². The number of rotatable bonds is 0. The molecule has 0 heterocycles. The lowest BCUT2D eigenvalue weighted by molar-refractivity contribution is 0.137. The lowest BCUT2D eigenvalue weighted by Gasteiger charge is -1.60. The van der Waals surface area contributed by atoms with Crippen LogP contribution in [0.5, 0.6) is 0 Å². The van der Waals surface area contributed by atoms with E-state index in [0.29, 0.717) is 0 Å². The summed E-state index contributed by atoms with van der Waals surface area (Å²) in [7, 11) is 0. The Morgan fingerprint density at radius 1 is 1.75 bits per heavy atom. The van der Waals surface area contributed by atoms with E-state index in [2.05, 4.69) is 12.3 Å². The van der Waals surface area contributed by atoms with E-state index in [-0.39, 0.29) is 0 Å². The van der Waals surface area contributed by atoms with E-state index >= 15 is 0 Å². The van der Waals surface area contributed by atoms with E-state index < -0.39 is 6.16 Å². The summed E-state index contributed by atoms with van der Waals surface area (Å²) in [6, 6.07) is 0. The van der Waals surface area contributed by atoms with Crippen molar-refractivity contribution in [3.63, 3.8) is 0 Å². The summed E-state index contributed by atoms with van der Waals surface area (Å²) < 4.78 is 0. The fourth-order valence-electron chi connectivity index (χ4n) is 0. The molecule has 0 aromatic heterocycles. The van der Waals surface area contributed by atoms with Crippen molar-refractivity contribution in [2.75, 3.05) is 0 Å². The van der Waals surface area contributed by atoms with Crippen LogP contribution >= 0.6 is 0 Å². The van der Waals surface area contributed by atoms with Gasteiger partial charge in [0.1, 0.15) is 0 Å². The predicted octanol–water partition coefficient (Wildman–Crippen LogP) is 1.57. The second-order valence-electron chi connectivity index (χ2n) is 0.775. The zero-order valence-electron chi connectivity index (χ0n) is 4.59. The molecule has 46 valence electrons. The maximum absolute atomic E-state index is 8.56. The number of hydrogen-bond donors (Lipinski definition) is 2. The molecule has 0 aliphatic heterocycles. The van der Waals surface area contributed by atoms with Gasteiger partial charge >= 0.3 is 6.16 Å². The minimum absolute atomic E-state index is 1.76. The maximum Gasteiger partial charge on any atom is 0.503 e. The molecule has 0 saturated carbocycles. The third-order valence-corrected chi connectivity index (χ3v) is 0.204. The van der Waals surface area contributed by atoms with Gasteiger partial charge in [-0.25, -0.2) is 4.79 Å². The van der Waals surface area contributed by atoms with Crippen LogP contribution in [0.1, 0.15) is 6.92 Å². The smallest absolute Gasteiger partial charge is 0.450 e. The molecule has 0 radical (unpaired) electrons. The van der Waals surface area contributed by atoms with Crippen LogP contribution in [-0.4, -0.2) is 16.4 Å². The van der Waals surface area contributed by atoms with Gasteiger partial charge in [0.25, 0.3) is 0 Å². The second kappa shape index (κ2) is 9.25. The summed E-state index contributed by atoms with van der Waals surface area (Å²) in [5, 5.41) is 13.9. The van der Waals surface area contributed by atoms with E-state index in [0.717, 1.165) is 0 Å². The van der Waals surface area contributed by atoms with Crippen LogP contribution in [-0.2, 0) is 0 Å². The fourth-order valence-corrected chi connectivity index (χ4v) is 0. The van der Waals surface area contributed by atoms with Gasteiger partial charge in [-0.15, -0.1) is 5.73 Å². The number of carboxylic acid groups (broad SMARTS) is 2. The topological polar surface area (TPSA) is 57.5 Å². The number of hydrogen-bond acceptors (Lipinski definition) is 1. The van der Waals surface area contributed by atoms with Gasteiger partial charge in [-0.2, -0.15) is 0 Å². The minimum atomic E-state index is -1.83. The van der Waals surface area contributed by atoms with E-state index in [1.165, 1.54) is 0 Å². The van der Waals surface area contributed by atoms with Crippen LogP contribution in [0, 0.1) is 0 Å². The molecule has 2 N–H and O–H groups in total. The molecule has 0 spiro atoms. The Kier molecular flexibility index (Phi) is 11.5. The normalized spacial score (nSPS) is 5.12. The van der Waals surface area contributed by atoms with Gasteiger partial charge in [-0.05, 0) is 13.0 Å². The lowest BCUT2D eigenvalue weighted by atomic mass is 10.7. The Labute approximate surface area is 47.6 Å². The summed E-state index contributed by atoms with van der Waals surface area (Å²) >= 11 is 0. The van der Waals surface area contributed by atoms with Crippen molar-refractivity contribution in [1.29, 1.82) is 0 Å². The average Bonchev–Trinajstić information content (AvgIpc) is 1.65. The highest BCUT2D eigenvalue weighted by atomic mass is 16.6. The molecule has 0 atom stereocenters. The van der Waals surface area contributed by atoms with Crippen molar-refractivity contribution < 1.29 is 15.0 Å². The summed E-state index contributed by atoms with van der Waals surface area (Å²) in [4.78, 5) is 8.56. The van der Waals surface area contributed by atoms with Gasteiger partial charge in [0, 0.05) is 0 Å². The summed E-state index contributed by atoms with van der Waals surface area (Å²) in [5.41, 5.74) is 2.56. The summed E-state index contributed by atoms with van der Waals surface area (Å²) in [6.07, 6.45) is -0.0694. The molecule has 0 aromatic carbocycles. The molecule has 0 saturated heterocycles. The Balaban J connectivity index is 0. The first-order valence-corrected chi connectivity index (χ1v) is 1.87. The highest BCUT2D eigenvalue weighted by molar-refractivity contribution is 5.53. The number of carbonyl (C=O) groups is 1. The van der Waals surface area contributed by atoms with Crippen LogP contribution in [0.4, 0.5) is 4.79 Å². The SMILES string of the molecule is C=C=CC.O=C(O)O. The molecule has 0 fully saturated rings. The van der Waals surface area contributed by atoms with Crippen molar-refractivity contribution in [3.8, 4) is 0 Å². The van der Waals surface area contributed by atoms with Crippen LogP contribution in [0.3, 0.4) is 0 Å². The van der Waals surface area contributed by atoms with Crippen LogP contribution in [0.15, 0.2) is 18.4 Å². The van der Waals surface area contributed by atoms with Crippen molar-refractivity contribution in [2.45, 2.75) is 6.92 Å². The zero-order valence-corrected chi connectivity index (χ0v) is 4.59. The molecular formula is C5H8O3. The van der Waals surface area contributed by atoms with E-state index in [1.54, 1.807) is 6.08 Å². The monoisotopic (exact) mass is 116 g/mol. The van der Waals surface area contributed by atoms with Crippen molar-refractivity contribution >= 4 is 6.16 Å². The van der Waals surface area contributed by atoms with Crippen LogP contribution in [0.25, 0.3) is 0 Å². The molecule has 3 nitrogen and oxygen atoms in total. The maximum atomic E-state index is 8.56. The third kappa shape index (κ3) is 1560. The Hall–Kier alpha value is -1.21. The Morgan fingerprint density at radius 2 is 1.88 bits per heavy atom. The highest BCUT2D eigenvalue weighted by Gasteiger charge is 1.70. The molecule has 0 unspecified atom stereocenters. The fraction of sp³-hybridized carbons (Fsp3) is 0.200. The van der Waals surface area contributed by atoms with Gasteiger partial charge in [-0.1, -0.05) is 6.58 Å². The predicted molar refractivity (Wildman–Crippen MR) is 30.0 cm³/mol. The van der Waals surface area contributed by atoms with E-state index in [4.69, 9.17) is 15.0 Å². The van der Waals surface area contributed by atoms with Crippen molar-refractivity contribution in [2.24, 2.45) is 0 Å². The van der Waals surface area contributed by atoms with Crippen molar-refractivity contribution in [1.82, 2.24) is 0 Å². The lowest BCUT2D eigenvalue weighted by Crippen LogP contribution is -1.81. The highest BCUT2D eigenvalue weighted by Crippen LogP contribution is 1.46. The molecule has 0 aliphatic rings. The molecule has 3 heteroatoms. The minimum Gasteiger partial charge on any atom is -0.450 e. The summed E-state index contributed by atoms with van der Waals surface area (Å²) in [5.74, 6) is 0. The van der Waals surface area contributed by atoms with Crippen LogP contribution < -0.4 is 0 Å². The third-order valence-electron chi connectivity index (χ3n) is 0.204. The number of allylic oxidation sites excluding steroid dienone is 1. The average molecular weight is 116 g/mol. The molecule has 0 rings (SSSR count). The Morgan fingerprint density at radius 3 is 1.88 bits per heavy atom. The van der Waals surface area contributed by atoms with Crippen molar-refractivity contribution in [3.05, 3.63) is 18.4 Å². The first kappa shape index (κ1) is 9.92. The first-order valence-electron chi connectivity index (χ1n) is 1.87. The standard InChI is InChI=1S/C4H6.CH2O3/c1-3-4-2;2-1(3)4/h4H,1H2,2H3;(H2,2,3,4). The van der Waals surface area contributed by atoms with Crippen LogP contribution in [0.2, 0.25) is 0 Å².